The number of nitrogens with one attached hydrogen (secondary N) is 1. The Morgan fingerprint density at radius 1 is 1.50 bits per heavy atom. The summed E-state index contributed by atoms with van der Waals surface area (Å²) in [5, 5.41) is 5.11. The van der Waals surface area contributed by atoms with Crippen molar-refractivity contribution in [3.8, 4) is 0 Å². The van der Waals surface area contributed by atoms with Gasteiger partial charge in [-0.25, -0.2) is 0 Å². The topological polar surface area (TPSA) is 32.3 Å². The quantitative estimate of drug-likeness (QED) is 0.705. The van der Waals surface area contributed by atoms with Gasteiger partial charge in [-0.3, -0.25) is 4.79 Å². The van der Waals surface area contributed by atoms with E-state index in [1.165, 1.54) is 11.3 Å². The average Bonchev–Trinajstić information content (AvgIpc) is 2.65. The Hall–Kier alpha value is -0.520. The lowest BCUT2D eigenvalue weighted by molar-refractivity contribution is 0.0740. The maximum absolute atomic E-state index is 11.9. The molecule has 2 rings (SSSR count). The van der Waals surface area contributed by atoms with Crippen LogP contribution in [0.2, 0.25) is 0 Å². The Bertz CT molecular complexity index is 331. The molecule has 1 aromatic rings. The minimum absolute atomic E-state index is 0.136. The highest BCUT2D eigenvalue weighted by Crippen LogP contribution is 2.19. The summed E-state index contributed by atoms with van der Waals surface area (Å²) in [7, 11) is 0. The Morgan fingerprint density at radius 3 is 2.79 bits per heavy atom. The maximum Gasteiger partial charge on any atom is 0.264 e. The first-order valence-corrected chi connectivity index (χ1v) is 5.87. The Labute approximate surface area is 92.5 Å². The van der Waals surface area contributed by atoms with Crippen LogP contribution in [0, 0.1) is 0 Å². The summed E-state index contributed by atoms with van der Waals surface area (Å²) < 4.78 is 0. The van der Waals surface area contributed by atoms with Crippen LogP contribution in [-0.4, -0.2) is 37.0 Å². The molecule has 1 saturated heterocycles. The number of hydrogen-bond donors (Lipinski definition) is 2. The highest BCUT2D eigenvalue weighted by atomic mass is 32.1. The molecule has 0 atom stereocenters. The van der Waals surface area contributed by atoms with Gasteiger partial charge in [-0.05, 0) is 6.07 Å². The molecule has 0 aromatic carbocycles. The molecule has 0 unspecified atom stereocenters. The van der Waals surface area contributed by atoms with Gasteiger partial charge in [0.1, 0.15) is 0 Å². The van der Waals surface area contributed by atoms with E-state index in [1.54, 1.807) is 0 Å². The molecule has 1 aromatic heterocycles. The average molecular weight is 228 g/mol. The van der Waals surface area contributed by atoms with Gasteiger partial charge in [-0.1, -0.05) is 0 Å². The number of amides is 1. The molecule has 0 bridgehead atoms. The Balaban J connectivity index is 2.07. The highest BCUT2D eigenvalue weighted by Gasteiger charge is 2.18. The number of piperazine rings is 1. The van der Waals surface area contributed by atoms with Crippen molar-refractivity contribution in [2.45, 2.75) is 4.90 Å². The van der Waals surface area contributed by atoms with Crippen molar-refractivity contribution >= 4 is 29.9 Å². The highest BCUT2D eigenvalue weighted by molar-refractivity contribution is 7.80. The molecular formula is C9H12N2OS2. The van der Waals surface area contributed by atoms with Gasteiger partial charge >= 0.3 is 0 Å². The van der Waals surface area contributed by atoms with Crippen molar-refractivity contribution < 1.29 is 4.79 Å². The lowest BCUT2D eigenvalue weighted by Crippen LogP contribution is -2.46. The van der Waals surface area contributed by atoms with Crippen molar-refractivity contribution in [2.75, 3.05) is 26.2 Å². The summed E-state index contributed by atoms with van der Waals surface area (Å²) in [6.07, 6.45) is 0. The molecule has 76 valence electrons. The number of thiol groups is 1. The molecule has 1 aliphatic heterocycles. The number of rotatable bonds is 1. The van der Waals surface area contributed by atoms with E-state index in [-0.39, 0.29) is 5.91 Å². The van der Waals surface area contributed by atoms with Crippen LogP contribution in [-0.2, 0) is 0 Å². The van der Waals surface area contributed by atoms with E-state index in [4.69, 9.17) is 0 Å². The van der Waals surface area contributed by atoms with Gasteiger partial charge < -0.3 is 10.2 Å². The molecule has 0 saturated carbocycles. The van der Waals surface area contributed by atoms with E-state index in [0.29, 0.717) is 0 Å². The van der Waals surface area contributed by atoms with Crippen LogP contribution in [0.3, 0.4) is 0 Å². The molecule has 1 amide bonds. The van der Waals surface area contributed by atoms with E-state index in [1.807, 2.05) is 16.3 Å². The first kappa shape index (κ1) is 10.0. The summed E-state index contributed by atoms with van der Waals surface area (Å²) in [5.74, 6) is 0.136. The molecule has 0 spiro atoms. The third kappa shape index (κ3) is 2.10. The van der Waals surface area contributed by atoms with Crippen molar-refractivity contribution in [3.05, 3.63) is 16.3 Å². The number of hydrogen-bond acceptors (Lipinski definition) is 4. The van der Waals surface area contributed by atoms with E-state index in [2.05, 4.69) is 17.9 Å². The van der Waals surface area contributed by atoms with Crippen LogP contribution in [0.15, 0.2) is 16.3 Å². The zero-order valence-electron chi connectivity index (χ0n) is 7.69. The lowest BCUT2D eigenvalue weighted by atomic mass is 10.3. The van der Waals surface area contributed by atoms with Gasteiger partial charge in [0.25, 0.3) is 5.91 Å². The smallest absolute Gasteiger partial charge is 0.264 e. The van der Waals surface area contributed by atoms with E-state index in [0.717, 1.165) is 36.0 Å². The molecule has 1 aliphatic rings. The van der Waals surface area contributed by atoms with Crippen LogP contribution in [0.4, 0.5) is 0 Å². The van der Waals surface area contributed by atoms with Gasteiger partial charge in [0.15, 0.2) is 0 Å². The zero-order valence-corrected chi connectivity index (χ0v) is 9.40. The second-order valence-corrected chi connectivity index (χ2v) is 4.64. The monoisotopic (exact) mass is 228 g/mol. The van der Waals surface area contributed by atoms with Crippen molar-refractivity contribution in [1.82, 2.24) is 10.2 Å². The van der Waals surface area contributed by atoms with E-state index >= 15 is 0 Å². The van der Waals surface area contributed by atoms with Crippen LogP contribution >= 0.6 is 24.0 Å². The first-order valence-electron chi connectivity index (χ1n) is 4.55. The van der Waals surface area contributed by atoms with Crippen molar-refractivity contribution in [2.24, 2.45) is 0 Å². The molecule has 5 heteroatoms. The normalized spacial score (nSPS) is 17.1. The maximum atomic E-state index is 11.9. The number of nitrogens with zero attached hydrogens (tertiary/aromatic N) is 1. The SMILES string of the molecule is O=C(c1cc(S)cs1)N1CCNCC1. The van der Waals surface area contributed by atoms with Crippen LogP contribution in [0.1, 0.15) is 9.67 Å². The summed E-state index contributed by atoms with van der Waals surface area (Å²) in [6, 6.07) is 1.83. The summed E-state index contributed by atoms with van der Waals surface area (Å²) >= 11 is 5.65. The van der Waals surface area contributed by atoms with Gasteiger partial charge in [-0.15, -0.1) is 24.0 Å². The molecular weight excluding hydrogens is 216 g/mol. The standard InChI is InChI=1S/C9H12N2OS2/c12-9(8-5-7(13)6-14-8)11-3-1-10-2-4-11/h5-6,10,13H,1-4H2. The second kappa shape index (κ2) is 4.33. The van der Waals surface area contributed by atoms with Crippen LogP contribution < -0.4 is 5.32 Å². The molecule has 1 fully saturated rings. The molecule has 0 radical (unpaired) electrons. The lowest BCUT2D eigenvalue weighted by Gasteiger charge is -2.26. The molecule has 1 N–H and O–H groups in total. The minimum Gasteiger partial charge on any atom is -0.335 e. The van der Waals surface area contributed by atoms with E-state index < -0.39 is 0 Å². The first-order chi connectivity index (χ1) is 6.77. The summed E-state index contributed by atoms with van der Waals surface area (Å²) in [5.41, 5.74) is 0. The van der Waals surface area contributed by atoms with Gasteiger partial charge in [-0.2, -0.15) is 0 Å². The molecule has 0 aliphatic carbocycles. The van der Waals surface area contributed by atoms with Crippen LogP contribution in [0.25, 0.3) is 0 Å². The molecule has 14 heavy (non-hydrogen) atoms. The van der Waals surface area contributed by atoms with Gasteiger partial charge in [0.05, 0.1) is 4.88 Å². The number of carbonyl (C=O) groups is 1. The molecule has 3 nitrogen and oxygen atoms in total. The van der Waals surface area contributed by atoms with Crippen molar-refractivity contribution in [3.63, 3.8) is 0 Å². The second-order valence-electron chi connectivity index (χ2n) is 3.21. The third-order valence-electron chi connectivity index (χ3n) is 2.20. The van der Waals surface area contributed by atoms with Crippen LogP contribution in [0.5, 0.6) is 0 Å². The summed E-state index contributed by atoms with van der Waals surface area (Å²) in [4.78, 5) is 15.4. The van der Waals surface area contributed by atoms with Crippen molar-refractivity contribution in [1.29, 1.82) is 0 Å². The predicted octanol–water partition coefficient (Wildman–Crippen LogP) is 1.08. The fraction of sp³-hybridized carbons (Fsp3) is 0.444. The fourth-order valence-electron chi connectivity index (χ4n) is 1.46. The Kier molecular flexibility index (Phi) is 3.10. The Morgan fingerprint density at radius 2 is 2.21 bits per heavy atom. The van der Waals surface area contributed by atoms with Gasteiger partial charge in [0, 0.05) is 36.5 Å². The van der Waals surface area contributed by atoms with Gasteiger partial charge in [0.2, 0.25) is 0 Å². The largest absolute Gasteiger partial charge is 0.335 e. The minimum atomic E-state index is 0.136. The zero-order chi connectivity index (χ0) is 9.97. The third-order valence-corrected chi connectivity index (χ3v) is 3.55. The summed E-state index contributed by atoms with van der Waals surface area (Å²) in [6.45, 7) is 3.40. The fourth-order valence-corrected chi connectivity index (χ4v) is 2.58. The van der Waals surface area contributed by atoms with E-state index in [9.17, 15) is 4.79 Å². The predicted molar refractivity (Wildman–Crippen MR) is 60.3 cm³/mol. The number of carbonyl (C=O) groups excluding carboxylic acids is 1. The number of thiophene rings is 1. The molecule has 2 heterocycles.